The molecule has 1 N–H and O–H groups in total. The van der Waals surface area contributed by atoms with Gasteiger partial charge in [0.05, 0.1) is 5.71 Å². The van der Waals surface area contributed by atoms with Crippen LogP contribution in [-0.4, -0.2) is 23.1 Å². The van der Waals surface area contributed by atoms with E-state index in [9.17, 15) is 9.46 Å². The number of rotatable bonds is 1. The van der Waals surface area contributed by atoms with E-state index in [-0.39, 0.29) is 5.41 Å². The molecule has 76 valence electrons. The van der Waals surface area contributed by atoms with Crippen molar-refractivity contribution in [1.82, 2.24) is 0 Å². The zero-order valence-corrected chi connectivity index (χ0v) is 9.34. The normalized spacial score (nSPS) is 27.8. The van der Waals surface area contributed by atoms with Crippen LogP contribution in [0.15, 0.2) is 5.16 Å². The van der Waals surface area contributed by atoms with Gasteiger partial charge in [-0.15, -0.1) is 0 Å². The quantitative estimate of drug-likeness (QED) is 0.666. The van der Waals surface area contributed by atoms with Gasteiger partial charge in [0.2, 0.25) is 13.2 Å². The van der Waals surface area contributed by atoms with Crippen LogP contribution in [0.2, 0.25) is 0 Å². The first-order chi connectivity index (χ1) is 5.71. The molecule has 0 aliphatic carbocycles. The van der Waals surface area contributed by atoms with Crippen molar-refractivity contribution < 1.29 is 14.3 Å². The van der Waals surface area contributed by atoms with Crippen molar-refractivity contribution in [1.29, 1.82) is 0 Å². The Kier molecular flexibility index (Phi) is 2.56. The summed E-state index contributed by atoms with van der Waals surface area (Å²) in [5, 5.41) is 3.84. The summed E-state index contributed by atoms with van der Waals surface area (Å²) in [6, 6.07) is 0. The van der Waals surface area contributed by atoms with Crippen molar-refractivity contribution in [2.75, 3.05) is 6.66 Å². The van der Waals surface area contributed by atoms with E-state index in [2.05, 4.69) is 5.16 Å². The molecule has 5 heteroatoms. The molecule has 1 rings (SSSR count). The van der Waals surface area contributed by atoms with E-state index in [1.807, 2.05) is 20.8 Å². The summed E-state index contributed by atoms with van der Waals surface area (Å²) in [6.45, 7) is 7.33. The summed E-state index contributed by atoms with van der Waals surface area (Å²) in [7, 11) is -3.16. The third-order valence-electron chi connectivity index (χ3n) is 2.05. The van der Waals surface area contributed by atoms with Crippen molar-refractivity contribution in [3.8, 4) is 0 Å². The van der Waals surface area contributed by atoms with Crippen LogP contribution >= 0.6 is 7.37 Å². The van der Waals surface area contributed by atoms with Gasteiger partial charge in [0.15, 0.2) is 0 Å². The molecule has 0 aromatic rings. The highest BCUT2D eigenvalue weighted by atomic mass is 31.2. The van der Waals surface area contributed by atoms with E-state index in [0.717, 1.165) is 5.71 Å². The second-order valence-corrected chi connectivity index (χ2v) is 6.96. The van der Waals surface area contributed by atoms with E-state index in [4.69, 9.17) is 4.84 Å². The molecule has 0 saturated heterocycles. The smallest absolute Gasteiger partial charge is 0.240 e. The van der Waals surface area contributed by atoms with E-state index < -0.39 is 13.2 Å². The number of hydrogen-bond donors (Lipinski definition) is 1. The van der Waals surface area contributed by atoms with E-state index in [1.54, 1.807) is 0 Å². The molecule has 0 radical (unpaired) electrons. The number of hydrogen-bond acceptors (Lipinski definition) is 3. The number of oxime groups is 1. The summed E-state index contributed by atoms with van der Waals surface area (Å²) in [4.78, 5) is 14.2. The molecule has 4 nitrogen and oxygen atoms in total. The zero-order chi connectivity index (χ0) is 10.3. The van der Waals surface area contributed by atoms with Crippen LogP contribution in [0.5, 0.6) is 0 Å². The van der Waals surface area contributed by atoms with Crippen molar-refractivity contribution >= 4 is 13.1 Å². The van der Waals surface area contributed by atoms with Gasteiger partial charge in [0.1, 0.15) is 0 Å². The molecule has 0 fully saturated rings. The SMILES string of the molecule is CC(C)(C)C1=NO[C@H](P(C)(=O)O)C1. The lowest BCUT2D eigenvalue weighted by molar-refractivity contribution is 0.131. The molecule has 1 aliphatic heterocycles. The van der Waals surface area contributed by atoms with Crippen LogP contribution in [0, 0.1) is 5.41 Å². The molecule has 0 aromatic heterocycles. The van der Waals surface area contributed by atoms with Gasteiger partial charge in [-0.1, -0.05) is 25.9 Å². The first kappa shape index (κ1) is 10.7. The van der Waals surface area contributed by atoms with Crippen LogP contribution in [0.1, 0.15) is 27.2 Å². The van der Waals surface area contributed by atoms with Crippen LogP contribution < -0.4 is 0 Å². The fourth-order valence-corrected chi connectivity index (χ4v) is 1.80. The van der Waals surface area contributed by atoms with E-state index in [1.165, 1.54) is 6.66 Å². The molecule has 1 heterocycles. The van der Waals surface area contributed by atoms with Crippen molar-refractivity contribution in [3.05, 3.63) is 0 Å². The second kappa shape index (κ2) is 3.10. The zero-order valence-electron chi connectivity index (χ0n) is 8.44. The maximum absolute atomic E-state index is 11.2. The van der Waals surface area contributed by atoms with Gasteiger partial charge in [-0.05, 0) is 0 Å². The molecule has 0 amide bonds. The van der Waals surface area contributed by atoms with Gasteiger partial charge in [-0.25, -0.2) is 0 Å². The first-order valence-corrected chi connectivity index (χ1v) is 6.42. The topological polar surface area (TPSA) is 58.9 Å². The maximum Gasteiger partial charge on any atom is 0.240 e. The van der Waals surface area contributed by atoms with Crippen LogP contribution in [-0.2, 0) is 9.40 Å². The molecular weight excluding hydrogens is 189 g/mol. The van der Waals surface area contributed by atoms with Gasteiger partial charge in [-0.2, -0.15) is 0 Å². The molecule has 1 aliphatic rings. The standard InChI is InChI=1S/C8H16NO3P/c1-8(2,3)6-5-7(12-9-6)13(4,10)11/h7H,5H2,1-4H3,(H,10,11)/t7-/m1/s1. The molecule has 0 spiro atoms. The fourth-order valence-electron chi connectivity index (χ4n) is 1.06. The highest BCUT2D eigenvalue weighted by Gasteiger charge is 2.37. The average Bonchev–Trinajstić information content (AvgIpc) is 2.28. The molecule has 0 saturated carbocycles. The molecule has 1 unspecified atom stereocenters. The van der Waals surface area contributed by atoms with Gasteiger partial charge in [0.25, 0.3) is 0 Å². The Balaban J connectivity index is 2.68. The van der Waals surface area contributed by atoms with Gasteiger partial charge in [0, 0.05) is 18.5 Å². The minimum Gasteiger partial charge on any atom is -0.382 e. The molecule has 0 bridgehead atoms. The Morgan fingerprint density at radius 2 is 2.15 bits per heavy atom. The highest BCUT2D eigenvalue weighted by molar-refractivity contribution is 7.57. The molecular formula is C8H16NO3P. The minimum absolute atomic E-state index is 0.0794. The third kappa shape index (κ3) is 2.55. The summed E-state index contributed by atoms with van der Waals surface area (Å²) >= 11 is 0. The Hall–Kier alpha value is -0.340. The second-order valence-electron chi connectivity index (χ2n) is 4.50. The summed E-state index contributed by atoms with van der Waals surface area (Å²) in [5.41, 5.74) is 0.776. The summed E-state index contributed by atoms with van der Waals surface area (Å²) in [5.74, 6) is -0.637. The Bertz CT molecular complexity index is 274. The van der Waals surface area contributed by atoms with Crippen molar-refractivity contribution in [2.45, 2.75) is 33.0 Å². The van der Waals surface area contributed by atoms with Crippen molar-refractivity contribution in [3.63, 3.8) is 0 Å². The van der Waals surface area contributed by atoms with Gasteiger partial charge < -0.3 is 9.73 Å². The fraction of sp³-hybridized carbons (Fsp3) is 0.875. The van der Waals surface area contributed by atoms with Crippen LogP contribution in [0.4, 0.5) is 0 Å². The Labute approximate surface area is 78.4 Å². The predicted molar refractivity (Wildman–Crippen MR) is 52.1 cm³/mol. The van der Waals surface area contributed by atoms with Crippen molar-refractivity contribution in [2.24, 2.45) is 10.6 Å². The Morgan fingerprint density at radius 1 is 1.62 bits per heavy atom. The van der Waals surface area contributed by atoms with Gasteiger partial charge >= 0.3 is 0 Å². The Morgan fingerprint density at radius 3 is 2.38 bits per heavy atom. The lowest BCUT2D eigenvalue weighted by Gasteiger charge is -2.17. The van der Waals surface area contributed by atoms with Crippen LogP contribution in [0.25, 0.3) is 0 Å². The average molecular weight is 205 g/mol. The van der Waals surface area contributed by atoms with Crippen LogP contribution in [0.3, 0.4) is 0 Å². The predicted octanol–water partition coefficient (Wildman–Crippen LogP) is 2.04. The summed E-state index contributed by atoms with van der Waals surface area (Å²) in [6.07, 6.45) is 0.466. The third-order valence-corrected chi connectivity index (χ3v) is 3.40. The summed E-state index contributed by atoms with van der Waals surface area (Å²) < 4.78 is 11.2. The minimum atomic E-state index is -3.16. The monoisotopic (exact) mass is 205 g/mol. The van der Waals surface area contributed by atoms with Gasteiger partial charge in [-0.3, -0.25) is 4.57 Å². The number of nitrogens with zero attached hydrogens (tertiary/aromatic N) is 1. The van der Waals surface area contributed by atoms with E-state index >= 15 is 0 Å². The lowest BCUT2D eigenvalue weighted by Crippen LogP contribution is -2.20. The highest BCUT2D eigenvalue weighted by Crippen LogP contribution is 2.47. The molecule has 13 heavy (non-hydrogen) atoms. The van der Waals surface area contributed by atoms with E-state index in [0.29, 0.717) is 6.42 Å². The largest absolute Gasteiger partial charge is 0.382 e. The molecule has 2 atom stereocenters. The maximum atomic E-state index is 11.2. The molecule has 0 aromatic carbocycles. The lowest BCUT2D eigenvalue weighted by atomic mass is 9.89. The first-order valence-electron chi connectivity index (χ1n) is 4.24.